The van der Waals surface area contributed by atoms with Crippen molar-refractivity contribution in [1.82, 2.24) is 0 Å². The first-order valence-corrected chi connectivity index (χ1v) is 6.13. The molecular weight excluding hydrogens is 302 g/mol. The Kier molecular flexibility index (Phi) is 23.7. The van der Waals surface area contributed by atoms with Gasteiger partial charge < -0.3 is 15.9 Å². The van der Waals surface area contributed by atoms with Gasteiger partial charge in [0.1, 0.15) is 10.9 Å². The van der Waals surface area contributed by atoms with Gasteiger partial charge in [-0.2, -0.15) is 0 Å². The highest BCUT2D eigenvalue weighted by Crippen LogP contribution is 2.06. The van der Waals surface area contributed by atoms with Crippen LogP contribution in [0.25, 0.3) is 0 Å². The van der Waals surface area contributed by atoms with E-state index < -0.39 is 18.0 Å². The molecule has 0 radical (unpaired) electrons. The molecule has 6 heteroatoms. The van der Waals surface area contributed by atoms with Crippen LogP contribution in [-0.4, -0.2) is 33.0 Å². The van der Waals surface area contributed by atoms with Crippen LogP contribution in [-0.2, 0) is 9.59 Å². The molecule has 0 aliphatic carbocycles. The third-order valence-electron chi connectivity index (χ3n) is 1.73. The molecule has 0 aliphatic heterocycles. The maximum atomic E-state index is 10.0. The van der Waals surface area contributed by atoms with Gasteiger partial charge >= 0.3 is 11.9 Å². The maximum Gasteiger partial charge on any atom is 0.320 e. The molecule has 0 saturated carbocycles. The number of carboxylic acid groups (broad SMARTS) is 2. The van der Waals surface area contributed by atoms with Gasteiger partial charge in [0, 0.05) is 0 Å². The molecule has 0 aliphatic rings. The quantitative estimate of drug-likeness (QED) is 0.650. The monoisotopic (exact) mass is 329 g/mol. The number of carboxylic acids is 2. The van der Waals surface area contributed by atoms with Crippen molar-refractivity contribution in [1.29, 1.82) is 0 Å². The number of alkyl halides is 1. The second-order valence-electron chi connectivity index (χ2n) is 3.33. The molecule has 0 amide bonds. The van der Waals surface area contributed by atoms with E-state index in [9.17, 15) is 9.59 Å². The summed E-state index contributed by atoms with van der Waals surface area (Å²) in [7, 11) is 0. The Hall–Kier alpha value is -0.620. The Morgan fingerprint density at radius 3 is 1.56 bits per heavy atom. The molecule has 0 aromatic rings. The highest BCUT2D eigenvalue weighted by atomic mass is 79.9. The third-order valence-corrected chi connectivity index (χ3v) is 2.58. The summed E-state index contributed by atoms with van der Waals surface area (Å²) in [5.41, 5.74) is 5.13. The summed E-state index contributed by atoms with van der Waals surface area (Å²) in [6.45, 7) is 3.86. The topological polar surface area (TPSA) is 101 Å². The Morgan fingerprint density at radius 1 is 1.06 bits per heavy atom. The molecule has 4 N–H and O–H groups in total. The first-order chi connectivity index (χ1) is 7.36. The molecular formula is C12H28BrNO4. The average Bonchev–Trinajstić information content (AvgIpc) is 2.19. The van der Waals surface area contributed by atoms with Gasteiger partial charge in [-0.05, 0) is 12.8 Å². The molecule has 0 aromatic carbocycles. The summed E-state index contributed by atoms with van der Waals surface area (Å²) in [4.78, 5) is 19.7. The number of hydrogen-bond acceptors (Lipinski definition) is 3. The average molecular weight is 330 g/mol. The lowest BCUT2D eigenvalue weighted by Crippen LogP contribution is -2.29. The molecule has 0 spiro atoms. The zero-order valence-corrected chi connectivity index (χ0v) is 11.2. The highest BCUT2D eigenvalue weighted by molar-refractivity contribution is 9.10. The van der Waals surface area contributed by atoms with Crippen molar-refractivity contribution in [3.63, 3.8) is 0 Å². The van der Waals surface area contributed by atoms with Gasteiger partial charge in [0.25, 0.3) is 0 Å². The predicted molar refractivity (Wildman–Crippen MR) is 79.2 cm³/mol. The van der Waals surface area contributed by atoms with Gasteiger partial charge in [-0.15, -0.1) is 0 Å². The molecule has 0 saturated heterocycles. The number of halogens is 1. The zero-order valence-electron chi connectivity index (χ0n) is 9.65. The maximum absolute atomic E-state index is 10.0. The van der Waals surface area contributed by atoms with E-state index in [4.69, 9.17) is 15.9 Å². The number of hydrogen-bond donors (Lipinski definition) is 3. The van der Waals surface area contributed by atoms with E-state index >= 15 is 0 Å². The van der Waals surface area contributed by atoms with Crippen LogP contribution < -0.4 is 5.73 Å². The lowest BCUT2D eigenvalue weighted by molar-refractivity contribution is -0.139. The molecule has 112 valence electrons. The summed E-state index contributed by atoms with van der Waals surface area (Å²) in [5, 5.41) is 16.5. The van der Waals surface area contributed by atoms with Crippen LogP contribution >= 0.6 is 15.9 Å². The van der Waals surface area contributed by atoms with Crippen molar-refractivity contribution >= 4 is 27.9 Å². The fourth-order valence-corrected chi connectivity index (χ4v) is 1.27. The van der Waals surface area contributed by atoms with Crippen LogP contribution in [0.2, 0.25) is 0 Å². The van der Waals surface area contributed by atoms with Gasteiger partial charge in [-0.25, -0.2) is 0 Å². The van der Waals surface area contributed by atoms with E-state index in [0.29, 0.717) is 12.8 Å². The Morgan fingerprint density at radius 2 is 1.44 bits per heavy atom. The van der Waals surface area contributed by atoms with Crippen molar-refractivity contribution in [3.05, 3.63) is 0 Å². The fraction of sp³-hybridized carbons (Fsp3) is 0.833. The van der Waals surface area contributed by atoms with Crippen LogP contribution in [0.15, 0.2) is 0 Å². The molecule has 0 heterocycles. The molecule has 18 heavy (non-hydrogen) atoms. The first kappa shape index (κ1) is 26.0. The van der Waals surface area contributed by atoms with E-state index in [-0.39, 0.29) is 19.7 Å². The smallest absolute Gasteiger partial charge is 0.320 e. The van der Waals surface area contributed by atoms with Gasteiger partial charge in [0.05, 0.1) is 0 Å². The fourth-order valence-electron chi connectivity index (χ4n) is 0.811. The number of aliphatic carboxylic acids is 2. The van der Waals surface area contributed by atoms with Crippen molar-refractivity contribution in [3.8, 4) is 0 Å². The molecule has 0 aromatic heterocycles. The summed E-state index contributed by atoms with van der Waals surface area (Å²) < 4.78 is 0. The third kappa shape index (κ3) is 17.8. The van der Waals surface area contributed by atoms with Crippen LogP contribution in [0, 0.1) is 0 Å². The minimum absolute atomic E-state index is 0. The Labute approximate surface area is 119 Å². The molecule has 0 rings (SSSR count). The van der Waals surface area contributed by atoms with E-state index in [1.54, 1.807) is 0 Å². The van der Waals surface area contributed by atoms with Crippen molar-refractivity contribution < 1.29 is 19.8 Å². The molecule has 2 atom stereocenters. The Bertz CT molecular complexity index is 190. The van der Waals surface area contributed by atoms with Crippen molar-refractivity contribution in [2.24, 2.45) is 5.73 Å². The van der Waals surface area contributed by atoms with Gasteiger partial charge in [-0.3, -0.25) is 9.59 Å². The lowest BCUT2D eigenvalue weighted by atomic mass is 10.2. The highest BCUT2D eigenvalue weighted by Gasteiger charge is 2.09. The normalized spacial score (nSPS) is 11.8. The van der Waals surface area contributed by atoms with Crippen LogP contribution in [0.4, 0.5) is 0 Å². The van der Waals surface area contributed by atoms with Crippen LogP contribution in [0.1, 0.15) is 54.4 Å². The van der Waals surface area contributed by atoms with E-state index in [0.717, 1.165) is 12.8 Å². The summed E-state index contributed by atoms with van der Waals surface area (Å²) >= 11 is 3.00. The largest absolute Gasteiger partial charge is 0.480 e. The second-order valence-corrected chi connectivity index (χ2v) is 4.43. The lowest BCUT2D eigenvalue weighted by Gasteiger charge is -2.00. The number of rotatable bonds is 6. The number of nitrogens with two attached hydrogens (primary N) is 1. The van der Waals surface area contributed by atoms with Crippen molar-refractivity contribution in [2.75, 3.05) is 0 Å². The standard InChI is InChI=1S/C5H9BrO2.C5H11NO2.2CH4/c2*1-2-3-4(6)5(7)8;;/h4H,2-3H2,1H3,(H,7,8);4H,2-3,6H2,1H3,(H,7,8);2*1H4/t2*4-;;/m11../s1. The zero-order chi connectivity index (χ0) is 13.1. The van der Waals surface area contributed by atoms with Crippen LogP contribution in [0.3, 0.4) is 0 Å². The molecule has 5 nitrogen and oxygen atoms in total. The van der Waals surface area contributed by atoms with Crippen LogP contribution in [0.5, 0.6) is 0 Å². The Balaban J connectivity index is -0.0000000980. The van der Waals surface area contributed by atoms with E-state index in [1.165, 1.54) is 0 Å². The first-order valence-electron chi connectivity index (χ1n) is 5.22. The number of carbonyl (C=O) groups is 2. The predicted octanol–water partition coefficient (Wildman–Crippen LogP) is 3.11. The van der Waals surface area contributed by atoms with Gasteiger partial charge in [-0.1, -0.05) is 57.5 Å². The summed E-state index contributed by atoms with van der Waals surface area (Å²) in [6.07, 6.45) is 3.00. The molecule has 0 fully saturated rings. The molecule has 0 bridgehead atoms. The minimum Gasteiger partial charge on any atom is -0.480 e. The van der Waals surface area contributed by atoms with Gasteiger partial charge in [0.15, 0.2) is 0 Å². The second kappa shape index (κ2) is 16.4. The summed E-state index contributed by atoms with van der Waals surface area (Å²) in [6, 6.07) is -0.667. The van der Waals surface area contributed by atoms with Gasteiger partial charge in [0.2, 0.25) is 0 Å². The SMILES string of the molecule is C.C.CCC[C@@H](Br)C(=O)O.CCC[C@@H](N)C(=O)O. The summed E-state index contributed by atoms with van der Waals surface area (Å²) in [5.74, 6) is -1.68. The van der Waals surface area contributed by atoms with E-state index in [1.807, 2.05) is 13.8 Å². The molecule has 0 unspecified atom stereocenters. The minimum atomic E-state index is -0.910. The van der Waals surface area contributed by atoms with E-state index in [2.05, 4.69) is 15.9 Å². The van der Waals surface area contributed by atoms with Crippen molar-refractivity contribution in [2.45, 2.75) is 65.3 Å².